The number of hydrogen-bond donors (Lipinski definition) is 0. The predicted octanol–water partition coefficient (Wildman–Crippen LogP) is 4.24. The third-order valence-electron chi connectivity index (χ3n) is 3.86. The normalized spacial score (nSPS) is 11.1. The van der Waals surface area contributed by atoms with Gasteiger partial charge < -0.3 is 9.47 Å². The van der Waals surface area contributed by atoms with Gasteiger partial charge in [0.1, 0.15) is 12.4 Å². The lowest BCUT2D eigenvalue weighted by Gasteiger charge is -2.12. The molecule has 3 heteroatoms. The number of rotatable bonds is 6. The van der Waals surface area contributed by atoms with Gasteiger partial charge in [0.25, 0.3) is 0 Å². The van der Waals surface area contributed by atoms with E-state index in [4.69, 9.17) is 9.47 Å². The van der Waals surface area contributed by atoms with Crippen molar-refractivity contribution >= 4 is 5.97 Å². The molecule has 2 aromatic rings. The molecule has 0 saturated carbocycles. The fraction of sp³-hybridized carbons (Fsp3) is 0.286. The molecule has 124 valence electrons. The highest BCUT2D eigenvalue weighted by Gasteiger charge is 2.14. The molecule has 0 heterocycles. The Morgan fingerprint density at radius 1 is 1.12 bits per heavy atom. The molecule has 0 aliphatic carbocycles. The van der Waals surface area contributed by atoms with Crippen LogP contribution in [0.15, 0.2) is 48.5 Å². The highest BCUT2D eigenvalue weighted by Crippen LogP contribution is 2.23. The maximum atomic E-state index is 11.5. The summed E-state index contributed by atoms with van der Waals surface area (Å²) in [6.45, 7) is 4.37. The second kappa shape index (κ2) is 8.79. The van der Waals surface area contributed by atoms with Gasteiger partial charge in [-0.25, -0.2) is 0 Å². The fourth-order valence-corrected chi connectivity index (χ4v) is 2.41. The van der Waals surface area contributed by atoms with Gasteiger partial charge in [-0.2, -0.15) is 0 Å². The molecule has 0 spiro atoms. The molecule has 0 N–H and O–H groups in total. The van der Waals surface area contributed by atoms with Crippen LogP contribution in [0.5, 0.6) is 5.75 Å². The first-order valence-corrected chi connectivity index (χ1v) is 7.90. The van der Waals surface area contributed by atoms with E-state index in [-0.39, 0.29) is 18.3 Å². The summed E-state index contributed by atoms with van der Waals surface area (Å²) in [6, 6.07) is 15.9. The maximum absolute atomic E-state index is 11.5. The Morgan fingerprint density at radius 3 is 2.46 bits per heavy atom. The second-order valence-electron chi connectivity index (χ2n) is 5.51. The van der Waals surface area contributed by atoms with Crippen molar-refractivity contribution in [2.75, 3.05) is 7.11 Å². The third-order valence-corrected chi connectivity index (χ3v) is 3.86. The Kier molecular flexibility index (Phi) is 6.45. The summed E-state index contributed by atoms with van der Waals surface area (Å²) in [7, 11) is 1.39. The zero-order valence-corrected chi connectivity index (χ0v) is 14.3. The fourth-order valence-electron chi connectivity index (χ4n) is 2.41. The topological polar surface area (TPSA) is 35.5 Å². The Bertz CT molecular complexity index is 736. The Morgan fingerprint density at radius 2 is 1.83 bits per heavy atom. The van der Waals surface area contributed by atoms with Crippen molar-refractivity contribution < 1.29 is 14.3 Å². The van der Waals surface area contributed by atoms with Gasteiger partial charge in [-0.05, 0) is 42.7 Å². The minimum atomic E-state index is -0.261. The first-order chi connectivity index (χ1) is 11.6. The molecule has 0 bridgehead atoms. The Hall–Kier alpha value is -2.73. The Labute approximate surface area is 143 Å². The van der Waals surface area contributed by atoms with E-state index in [1.807, 2.05) is 36.4 Å². The Balaban J connectivity index is 2.04. The molecule has 0 amide bonds. The van der Waals surface area contributed by atoms with E-state index in [0.29, 0.717) is 6.61 Å². The third kappa shape index (κ3) is 4.89. The first-order valence-electron chi connectivity index (χ1n) is 7.90. The standard InChI is InChI=1S/C21H22O3/c1-4-7-18(14-21(22)23-3)17-10-12-20(13-11-17)24-15-19-9-6-5-8-16(19)2/h5-6,8-13,18H,14-15H2,1-3H3. The number of benzene rings is 2. The van der Waals surface area contributed by atoms with Crippen LogP contribution in [0.4, 0.5) is 0 Å². The summed E-state index contributed by atoms with van der Waals surface area (Å²) in [5, 5.41) is 0. The number of aryl methyl sites for hydroxylation is 1. The zero-order chi connectivity index (χ0) is 17.4. The van der Waals surface area contributed by atoms with Gasteiger partial charge in [0.15, 0.2) is 0 Å². The molecular weight excluding hydrogens is 300 g/mol. The molecule has 3 nitrogen and oxygen atoms in total. The summed E-state index contributed by atoms with van der Waals surface area (Å²) in [5.41, 5.74) is 3.37. The lowest BCUT2D eigenvalue weighted by molar-refractivity contribution is -0.140. The minimum Gasteiger partial charge on any atom is -0.489 e. The van der Waals surface area contributed by atoms with Crippen LogP contribution < -0.4 is 4.74 Å². The molecule has 1 atom stereocenters. The van der Waals surface area contributed by atoms with Crippen LogP contribution in [-0.2, 0) is 16.1 Å². The van der Waals surface area contributed by atoms with Crippen LogP contribution in [0, 0.1) is 18.8 Å². The number of esters is 1. The van der Waals surface area contributed by atoms with Crippen molar-refractivity contribution in [3.8, 4) is 17.6 Å². The summed E-state index contributed by atoms with van der Waals surface area (Å²) in [5.74, 6) is 6.31. The SMILES string of the molecule is CC#CC(CC(=O)OC)c1ccc(OCc2ccccc2C)cc1. The number of carbonyl (C=O) groups is 1. The van der Waals surface area contributed by atoms with Gasteiger partial charge in [0, 0.05) is 0 Å². The quantitative estimate of drug-likeness (QED) is 0.589. The van der Waals surface area contributed by atoms with Crippen LogP contribution in [0.2, 0.25) is 0 Å². The summed E-state index contributed by atoms with van der Waals surface area (Å²) >= 11 is 0. The first kappa shape index (κ1) is 17.6. The second-order valence-corrected chi connectivity index (χ2v) is 5.51. The number of hydrogen-bond acceptors (Lipinski definition) is 3. The van der Waals surface area contributed by atoms with Gasteiger partial charge in [-0.3, -0.25) is 4.79 Å². The van der Waals surface area contributed by atoms with E-state index in [1.54, 1.807) is 6.92 Å². The van der Waals surface area contributed by atoms with Crippen molar-refractivity contribution in [2.24, 2.45) is 0 Å². The van der Waals surface area contributed by atoms with E-state index in [0.717, 1.165) is 11.3 Å². The van der Waals surface area contributed by atoms with E-state index < -0.39 is 0 Å². The van der Waals surface area contributed by atoms with E-state index >= 15 is 0 Å². The van der Waals surface area contributed by atoms with Crippen LogP contribution in [0.25, 0.3) is 0 Å². The average molecular weight is 322 g/mol. The molecule has 0 saturated heterocycles. The molecule has 0 aliphatic heterocycles. The molecule has 24 heavy (non-hydrogen) atoms. The lowest BCUT2D eigenvalue weighted by Crippen LogP contribution is -2.07. The largest absolute Gasteiger partial charge is 0.489 e. The van der Waals surface area contributed by atoms with Crippen molar-refractivity contribution in [2.45, 2.75) is 32.8 Å². The van der Waals surface area contributed by atoms with Gasteiger partial charge in [-0.15, -0.1) is 5.92 Å². The highest BCUT2D eigenvalue weighted by molar-refractivity contribution is 5.71. The van der Waals surface area contributed by atoms with Crippen LogP contribution in [0.3, 0.4) is 0 Å². The van der Waals surface area contributed by atoms with Gasteiger partial charge in [0.2, 0.25) is 0 Å². The molecule has 1 unspecified atom stereocenters. The molecule has 0 aromatic heterocycles. The minimum absolute atomic E-state index is 0.159. The molecular formula is C21H22O3. The lowest BCUT2D eigenvalue weighted by atomic mass is 9.96. The smallest absolute Gasteiger partial charge is 0.307 e. The van der Waals surface area contributed by atoms with E-state index in [9.17, 15) is 4.79 Å². The van der Waals surface area contributed by atoms with Crippen molar-refractivity contribution in [1.82, 2.24) is 0 Å². The molecule has 0 fully saturated rings. The van der Waals surface area contributed by atoms with Gasteiger partial charge in [0.05, 0.1) is 19.4 Å². The van der Waals surface area contributed by atoms with Crippen LogP contribution in [-0.4, -0.2) is 13.1 Å². The monoisotopic (exact) mass is 322 g/mol. The van der Waals surface area contributed by atoms with Crippen molar-refractivity contribution in [1.29, 1.82) is 0 Å². The van der Waals surface area contributed by atoms with Gasteiger partial charge >= 0.3 is 5.97 Å². The molecule has 2 aromatic carbocycles. The van der Waals surface area contributed by atoms with Crippen molar-refractivity contribution in [3.63, 3.8) is 0 Å². The number of ether oxygens (including phenoxy) is 2. The average Bonchev–Trinajstić information content (AvgIpc) is 2.61. The summed E-state index contributed by atoms with van der Waals surface area (Å²) < 4.78 is 10.6. The summed E-state index contributed by atoms with van der Waals surface area (Å²) in [4.78, 5) is 11.5. The van der Waals surface area contributed by atoms with Gasteiger partial charge in [-0.1, -0.05) is 42.3 Å². The number of carbonyl (C=O) groups excluding carboxylic acids is 1. The van der Waals surface area contributed by atoms with Crippen molar-refractivity contribution in [3.05, 3.63) is 65.2 Å². The zero-order valence-electron chi connectivity index (χ0n) is 14.3. The maximum Gasteiger partial charge on any atom is 0.307 e. The molecule has 0 radical (unpaired) electrons. The molecule has 0 aliphatic rings. The van der Waals surface area contributed by atoms with Crippen LogP contribution >= 0.6 is 0 Å². The van der Waals surface area contributed by atoms with Crippen LogP contribution in [0.1, 0.15) is 36.0 Å². The van der Waals surface area contributed by atoms with E-state index in [2.05, 4.69) is 30.9 Å². The highest BCUT2D eigenvalue weighted by atomic mass is 16.5. The van der Waals surface area contributed by atoms with E-state index in [1.165, 1.54) is 18.2 Å². The predicted molar refractivity (Wildman–Crippen MR) is 94.8 cm³/mol. The number of methoxy groups -OCH3 is 1. The molecule has 2 rings (SSSR count). The summed E-state index contributed by atoms with van der Waals surface area (Å²) in [6.07, 6.45) is 0.251.